The molecule has 110 valence electrons. The minimum absolute atomic E-state index is 0.582. The fourth-order valence-corrected chi connectivity index (χ4v) is 6.62. The van der Waals surface area contributed by atoms with Crippen molar-refractivity contribution in [3.8, 4) is 0 Å². The third-order valence-electron chi connectivity index (χ3n) is 6.17. The molecule has 0 aromatic heterocycles. The zero-order valence-corrected chi connectivity index (χ0v) is 13.1. The van der Waals surface area contributed by atoms with Gasteiger partial charge in [-0.05, 0) is 80.6 Å². The second kappa shape index (κ2) is 4.46. The van der Waals surface area contributed by atoms with Crippen LogP contribution >= 0.6 is 0 Å². The van der Waals surface area contributed by atoms with E-state index in [1.54, 1.807) is 0 Å². The largest absolute Gasteiger partial charge is 0.330 e. The number of hydrogen-bond acceptors (Lipinski definition) is 2. The van der Waals surface area contributed by atoms with Crippen LogP contribution in [0.2, 0.25) is 0 Å². The summed E-state index contributed by atoms with van der Waals surface area (Å²) in [6.07, 6.45) is 10.0. The first kappa shape index (κ1) is 13.9. The summed E-state index contributed by atoms with van der Waals surface area (Å²) in [5.41, 5.74) is 7.56. The number of rotatable bonds is 5. The summed E-state index contributed by atoms with van der Waals surface area (Å²) in [7, 11) is 0. The van der Waals surface area contributed by atoms with E-state index in [1.807, 2.05) is 0 Å². The summed E-state index contributed by atoms with van der Waals surface area (Å²) in [4.78, 5) is 0. The van der Waals surface area contributed by atoms with Crippen molar-refractivity contribution in [1.29, 1.82) is 0 Å². The Kier molecular flexibility index (Phi) is 3.26. The maximum Gasteiger partial charge on any atom is 0.00509 e. The molecule has 2 heteroatoms. The highest BCUT2D eigenvalue weighted by molar-refractivity contribution is 5.10. The molecule has 0 saturated heterocycles. The SMILES string of the molecule is CC(CCN)NCC12CC3CC(C)(CC(C)(C3)C1)C2. The predicted octanol–water partition coefficient (Wildman–Crippen LogP) is 3.31. The average Bonchev–Trinajstić information content (AvgIpc) is 2.22. The van der Waals surface area contributed by atoms with Crippen LogP contribution in [0.15, 0.2) is 0 Å². The Morgan fingerprint density at radius 2 is 1.74 bits per heavy atom. The van der Waals surface area contributed by atoms with Gasteiger partial charge in [0, 0.05) is 12.6 Å². The molecule has 0 radical (unpaired) electrons. The first-order chi connectivity index (χ1) is 8.86. The fourth-order valence-electron chi connectivity index (χ4n) is 6.62. The molecule has 3 unspecified atom stereocenters. The first-order valence-corrected chi connectivity index (χ1v) is 8.30. The van der Waals surface area contributed by atoms with Crippen LogP contribution in [0.4, 0.5) is 0 Å². The lowest BCUT2D eigenvalue weighted by atomic mass is 9.40. The van der Waals surface area contributed by atoms with Crippen molar-refractivity contribution in [3.63, 3.8) is 0 Å². The molecule has 4 aliphatic rings. The van der Waals surface area contributed by atoms with Gasteiger partial charge < -0.3 is 11.1 Å². The van der Waals surface area contributed by atoms with Crippen molar-refractivity contribution in [2.75, 3.05) is 13.1 Å². The van der Waals surface area contributed by atoms with E-state index in [9.17, 15) is 0 Å². The molecule has 0 spiro atoms. The molecule has 0 aromatic rings. The van der Waals surface area contributed by atoms with Gasteiger partial charge in [0.15, 0.2) is 0 Å². The van der Waals surface area contributed by atoms with Crippen LogP contribution in [-0.2, 0) is 0 Å². The summed E-state index contributed by atoms with van der Waals surface area (Å²) < 4.78 is 0. The Balaban J connectivity index is 1.70. The monoisotopic (exact) mass is 264 g/mol. The minimum atomic E-state index is 0.582. The number of hydrogen-bond donors (Lipinski definition) is 2. The maximum absolute atomic E-state index is 5.67. The number of nitrogens with one attached hydrogen (secondary N) is 1. The van der Waals surface area contributed by atoms with Gasteiger partial charge in [-0.2, -0.15) is 0 Å². The zero-order valence-electron chi connectivity index (χ0n) is 13.1. The summed E-state index contributed by atoms with van der Waals surface area (Å²) in [5.74, 6) is 1.01. The van der Waals surface area contributed by atoms with Gasteiger partial charge in [0.05, 0.1) is 0 Å². The Hall–Kier alpha value is -0.0800. The van der Waals surface area contributed by atoms with E-state index in [0.29, 0.717) is 22.3 Å². The maximum atomic E-state index is 5.67. The second-order valence-electron chi connectivity index (χ2n) is 8.99. The fraction of sp³-hybridized carbons (Fsp3) is 1.00. The van der Waals surface area contributed by atoms with Gasteiger partial charge in [-0.25, -0.2) is 0 Å². The topological polar surface area (TPSA) is 38.0 Å². The van der Waals surface area contributed by atoms with Crippen molar-refractivity contribution in [3.05, 3.63) is 0 Å². The molecule has 0 amide bonds. The van der Waals surface area contributed by atoms with Gasteiger partial charge in [-0.15, -0.1) is 0 Å². The van der Waals surface area contributed by atoms with Crippen LogP contribution in [0.25, 0.3) is 0 Å². The molecule has 4 bridgehead atoms. The van der Waals surface area contributed by atoms with E-state index >= 15 is 0 Å². The molecule has 4 aliphatic carbocycles. The normalized spacial score (nSPS) is 49.6. The van der Waals surface area contributed by atoms with Gasteiger partial charge in [0.1, 0.15) is 0 Å². The van der Waals surface area contributed by atoms with Gasteiger partial charge >= 0.3 is 0 Å². The smallest absolute Gasteiger partial charge is 0.00509 e. The second-order valence-corrected chi connectivity index (χ2v) is 8.99. The zero-order chi connectivity index (χ0) is 13.7. The molecule has 0 aliphatic heterocycles. The molecule has 3 atom stereocenters. The quantitative estimate of drug-likeness (QED) is 0.799. The molecule has 19 heavy (non-hydrogen) atoms. The lowest BCUT2D eigenvalue weighted by Gasteiger charge is -2.65. The van der Waals surface area contributed by atoms with E-state index in [2.05, 4.69) is 26.1 Å². The summed E-state index contributed by atoms with van der Waals surface area (Å²) in [6.45, 7) is 9.45. The van der Waals surface area contributed by atoms with Gasteiger partial charge in [0.25, 0.3) is 0 Å². The lowest BCUT2D eigenvalue weighted by molar-refractivity contribution is -0.143. The Labute approximate surface area is 118 Å². The van der Waals surface area contributed by atoms with E-state index < -0.39 is 0 Å². The van der Waals surface area contributed by atoms with Crippen LogP contribution in [0.3, 0.4) is 0 Å². The Morgan fingerprint density at radius 3 is 2.26 bits per heavy atom. The van der Waals surface area contributed by atoms with Crippen LogP contribution in [0.5, 0.6) is 0 Å². The average molecular weight is 264 g/mol. The Bertz CT molecular complexity index is 333. The van der Waals surface area contributed by atoms with Crippen LogP contribution in [0.1, 0.15) is 65.7 Å². The highest BCUT2D eigenvalue weighted by atomic mass is 14.9. The highest BCUT2D eigenvalue weighted by Gasteiger charge is 2.59. The highest BCUT2D eigenvalue weighted by Crippen LogP contribution is 2.69. The molecule has 4 rings (SSSR count). The third kappa shape index (κ3) is 2.58. The molecule has 2 nitrogen and oxygen atoms in total. The summed E-state index contributed by atoms with van der Waals surface area (Å²) in [6, 6.07) is 0.582. The Morgan fingerprint density at radius 1 is 1.11 bits per heavy atom. The summed E-state index contributed by atoms with van der Waals surface area (Å²) >= 11 is 0. The molecular weight excluding hydrogens is 232 g/mol. The predicted molar refractivity (Wildman–Crippen MR) is 81.0 cm³/mol. The van der Waals surface area contributed by atoms with Crippen LogP contribution in [-0.4, -0.2) is 19.1 Å². The van der Waals surface area contributed by atoms with E-state index in [0.717, 1.165) is 18.9 Å². The van der Waals surface area contributed by atoms with Crippen LogP contribution < -0.4 is 11.1 Å². The molecular formula is C17H32N2. The van der Waals surface area contributed by atoms with Gasteiger partial charge in [-0.1, -0.05) is 13.8 Å². The molecule has 4 fully saturated rings. The molecule has 0 heterocycles. The van der Waals surface area contributed by atoms with E-state index in [1.165, 1.54) is 45.1 Å². The third-order valence-corrected chi connectivity index (χ3v) is 6.17. The van der Waals surface area contributed by atoms with E-state index in [4.69, 9.17) is 5.73 Å². The first-order valence-electron chi connectivity index (χ1n) is 8.30. The molecule has 0 aromatic carbocycles. The van der Waals surface area contributed by atoms with Crippen molar-refractivity contribution in [2.45, 2.75) is 71.8 Å². The van der Waals surface area contributed by atoms with Crippen molar-refractivity contribution in [1.82, 2.24) is 5.32 Å². The number of nitrogens with two attached hydrogens (primary N) is 1. The van der Waals surface area contributed by atoms with Crippen molar-refractivity contribution >= 4 is 0 Å². The van der Waals surface area contributed by atoms with Gasteiger partial charge in [-0.3, -0.25) is 0 Å². The minimum Gasteiger partial charge on any atom is -0.330 e. The summed E-state index contributed by atoms with van der Waals surface area (Å²) in [5, 5.41) is 3.79. The van der Waals surface area contributed by atoms with Gasteiger partial charge in [0.2, 0.25) is 0 Å². The van der Waals surface area contributed by atoms with Crippen molar-refractivity contribution in [2.24, 2.45) is 27.9 Å². The lowest BCUT2D eigenvalue weighted by Crippen LogP contribution is -2.58. The molecule has 4 saturated carbocycles. The standard InChI is InChI=1S/C17H32N2/c1-13(4-5-18)19-12-17-8-14-6-15(2,10-17)9-16(3,7-14)11-17/h13-14,19H,4-12,18H2,1-3H3. The van der Waals surface area contributed by atoms with E-state index in [-0.39, 0.29) is 0 Å². The van der Waals surface area contributed by atoms with Crippen LogP contribution in [0, 0.1) is 22.2 Å². The van der Waals surface area contributed by atoms with Crippen molar-refractivity contribution < 1.29 is 0 Å². The molecule has 3 N–H and O–H groups in total.